The van der Waals surface area contributed by atoms with Crippen molar-refractivity contribution in [2.75, 3.05) is 13.1 Å². The molecule has 1 amide bonds. The molecule has 102 valence electrons. The van der Waals surface area contributed by atoms with Crippen LogP contribution in [0.1, 0.15) is 23.2 Å². The van der Waals surface area contributed by atoms with E-state index < -0.39 is 22.6 Å². The molecular formula is C11H12ClN3O4. The number of hydrogen-bond donors (Lipinski definition) is 1. The van der Waals surface area contributed by atoms with Gasteiger partial charge in [0.15, 0.2) is 0 Å². The first-order chi connectivity index (χ1) is 9.00. The summed E-state index contributed by atoms with van der Waals surface area (Å²) in [4.78, 5) is 27.5. The van der Waals surface area contributed by atoms with Crippen LogP contribution >= 0.6 is 11.6 Å². The van der Waals surface area contributed by atoms with Gasteiger partial charge in [0.2, 0.25) is 5.15 Å². The van der Waals surface area contributed by atoms with E-state index in [0.29, 0.717) is 19.4 Å². The fraction of sp³-hybridized carbons (Fsp3) is 0.455. The molecule has 1 atom stereocenters. The van der Waals surface area contributed by atoms with Gasteiger partial charge in [0, 0.05) is 19.3 Å². The molecular weight excluding hydrogens is 274 g/mol. The van der Waals surface area contributed by atoms with Crippen LogP contribution in [0.5, 0.6) is 0 Å². The van der Waals surface area contributed by atoms with Crippen LogP contribution in [-0.2, 0) is 0 Å². The molecule has 0 bridgehead atoms. The number of halogens is 1. The number of aliphatic hydroxyl groups excluding tert-OH is 1. The number of likely N-dealkylation sites (tertiary alicyclic amines) is 1. The number of piperidine rings is 1. The van der Waals surface area contributed by atoms with E-state index in [2.05, 4.69) is 4.98 Å². The van der Waals surface area contributed by atoms with Crippen LogP contribution < -0.4 is 0 Å². The molecule has 0 spiro atoms. The minimum absolute atomic E-state index is 0.0981. The molecule has 1 N–H and O–H groups in total. The normalized spacial score (nSPS) is 19.3. The first-order valence-corrected chi connectivity index (χ1v) is 6.14. The summed E-state index contributed by atoms with van der Waals surface area (Å²) in [5, 5.41) is 20.2. The van der Waals surface area contributed by atoms with Crippen LogP contribution in [0.4, 0.5) is 5.69 Å². The maximum atomic E-state index is 12.2. The molecule has 0 aliphatic carbocycles. The van der Waals surface area contributed by atoms with E-state index in [9.17, 15) is 20.0 Å². The van der Waals surface area contributed by atoms with E-state index in [-0.39, 0.29) is 17.3 Å². The third kappa shape index (κ3) is 2.82. The van der Waals surface area contributed by atoms with Gasteiger partial charge >= 0.3 is 5.69 Å². The number of rotatable bonds is 2. The lowest BCUT2D eigenvalue weighted by Crippen LogP contribution is -2.42. The van der Waals surface area contributed by atoms with E-state index in [1.807, 2.05) is 0 Å². The van der Waals surface area contributed by atoms with Crippen LogP contribution in [0.3, 0.4) is 0 Å². The number of nitrogens with zero attached hydrogens (tertiary/aromatic N) is 3. The Morgan fingerprint density at radius 1 is 1.63 bits per heavy atom. The Balaban J connectivity index is 2.33. The van der Waals surface area contributed by atoms with E-state index in [1.165, 1.54) is 17.2 Å². The lowest BCUT2D eigenvalue weighted by atomic mass is 10.1. The van der Waals surface area contributed by atoms with Gasteiger partial charge in [0.25, 0.3) is 5.91 Å². The lowest BCUT2D eigenvalue weighted by Gasteiger charge is -2.30. The average Bonchev–Trinajstić information content (AvgIpc) is 2.37. The van der Waals surface area contributed by atoms with Crippen LogP contribution in [0.2, 0.25) is 5.15 Å². The fourth-order valence-corrected chi connectivity index (χ4v) is 2.31. The Morgan fingerprint density at radius 3 is 3.00 bits per heavy atom. The highest BCUT2D eigenvalue weighted by Crippen LogP contribution is 2.27. The molecule has 1 aromatic rings. The fourth-order valence-electron chi connectivity index (χ4n) is 2.08. The summed E-state index contributed by atoms with van der Waals surface area (Å²) in [6.45, 7) is 0.642. The standard InChI is InChI=1S/C11H12ClN3O4/c12-10-9(15(18)19)8(3-4-13-10)11(17)14-5-1-2-7(16)6-14/h3-4,7,16H,1-2,5-6H2/t7-/m0/s1. The van der Waals surface area contributed by atoms with Gasteiger partial charge in [-0.25, -0.2) is 4.98 Å². The predicted octanol–water partition coefficient (Wildman–Crippen LogP) is 1.24. The summed E-state index contributed by atoms with van der Waals surface area (Å²) in [7, 11) is 0. The summed E-state index contributed by atoms with van der Waals surface area (Å²) in [5.74, 6) is -0.505. The molecule has 1 fully saturated rings. The van der Waals surface area contributed by atoms with Crippen molar-refractivity contribution >= 4 is 23.2 Å². The summed E-state index contributed by atoms with van der Waals surface area (Å²) < 4.78 is 0. The minimum atomic E-state index is -0.719. The predicted molar refractivity (Wildman–Crippen MR) is 67.0 cm³/mol. The van der Waals surface area contributed by atoms with Gasteiger partial charge in [-0.1, -0.05) is 11.6 Å². The molecule has 0 saturated carbocycles. The highest BCUT2D eigenvalue weighted by molar-refractivity contribution is 6.32. The van der Waals surface area contributed by atoms with Crippen LogP contribution in [0.25, 0.3) is 0 Å². The second-order valence-electron chi connectivity index (χ2n) is 4.30. The maximum absolute atomic E-state index is 12.2. The zero-order valence-electron chi connectivity index (χ0n) is 9.95. The highest BCUT2D eigenvalue weighted by Gasteiger charge is 2.30. The van der Waals surface area contributed by atoms with Crippen molar-refractivity contribution in [3.8, 4) is 0 Å². The number of nitro groups is 1. The third-order valence-electron chi connectivity index (χ3n) is 2.98. The molecule has 0 radical (unpaired) electrons. The van der Waals surface area contributed by atoms with Gasteiger partial charge in [0.1, 0.15) is 5.56 Å². The monoisotopic (exact) mass is 285 g/mol. The molecule has 1 saturated heterocycles. The van der Waals surface area contributed by atoms with Crippen molar-refractivity contribution in [1.29, 1.82) is 0 Å². The van der Waals surface area contributed by atoms with Gasteiger partial charge in [-0.3, -0.25) is 14.9 Å². The molecule has 2 heterocycles. The zero-order chi connectivity index (χ0) is 14.0. The zero-order valence-corrected chi connectivity index (χ0v) is 10.7. The quantitative estimate of drug-likeness (QED) is 0.501. The van der Waals surface area contributed by atoms with E-state index in [4.69, 9.17) is 11.6 Å². The largest absolute Gasteiger partial charge is 0.391 e. The molecule has 2 rings (SSSR count). The van der Waals surface area contributed by atoms with Crippen LogP contribution in [0, 0.1) is 10.1 Å². The van der Waals surface area contributed by atoms with Crippen LogP contribution in [0.15, 0.2) is 12.3 Å². The number of aliphatic hydroxyl groups is 1. The molecule has 1 aliphatic heterocycles. The first-order valence-electron chi connectivity index (χ1n) is 5.77. The average molecular weight is 286 g/mol. The molecule has 8 heteroatoms. The number of carbonyl (C=O) groups excluding carboxylic acids is 1. The topological polar surface area (TPSA) is 96.6 Å². The highest BCUT2D eigenvalue weighted by atomic mass is 35.5. The molecule has 0 unspecified atom stereocenters. The summed E-state index contributed by atoms with van der Waals surface area (Å²) in [5.41, 5.74) is -0.590. The lowest BCUT2D eigenvalue weighted by molar-refractivity contribution is -0.385. The second kappa shape index (κ2) is 5.50. The minimum Gasteiger partial charge on any atom is -0.391 e. The van der Waals surface area contributed by atoms with Crippen molar-refractivity contribution < 1.29 is 14.8 Å². The molecule has 1 aromatic heterocycles. The Hall–Kier alpha value is -1.73. The van der Waals surface area contributed by atoms with Gasteiger partial charge in [-0.2, -0.15) is 0 Å². The Morgan fingerprint density at radius 2 is 2.37 bits per heavy atom. The van der Waals surface area contributed by atoms with Crippen molar-refractivity contribution in [3.05, 3.63) is 33.1 Å². The Labute approximate surface area is 114 Å². The number of amides is 1. The number of hydrogen-bond acceptors (Lipinski definition) is 5. The number of β-amino-alcohol motifs (C(OH)–C–C–N with tert-alkyl or cyclic N) is 1. The number of aromatic nitrogens is 1. The smallest absolute Gasteiger partial charge is 0.319 e. The second-order valence-corrected chi connectivity index (χ2v) is 4.66. The Kier molecular flexibility index (Phi) is 3.96. The Bertz CT molecular complexity index is 523. The number of pyridine rings is 1. The molecule has 7 nitrogen and oxygen atoms in total. The van der Waals surface area contributed by atoms with Crippen molar-refractivity contribution in [2.45, 2.75) is 18.9 Å². The maximum Gasteiger partial charge on any atom is 0.319 e. The van der Waals surface area contributed by atoms with Gasteiger partial charge < -0.3 is 10.0 Å². The summed E-state index contributed by atoms with van der Waals surface area (Å²) in [6, 6.07) is 1.27. The molecule has 19 heavy (non-hydrogen) atoms. The van der Waals surface area contributed by atoms with Crippen molar-refractivity contribution in [3.63, 3.8) is 0 Å². The third-order valence-corrected chi connectivity index (χ3v) is 3.25. The van der Waals surface area contributed by atoms with Gasteiger partial charge in [-0.05, 0) is 18.9 Å². The van der Waals surface area contributed by atoms with Gasteiger partial charge in [0.05, 0.1) is 11.0 Å². The van der Waals surface area contributed by atoms with Crippen molar-refractivity contribution in [2.24, 2.45) is 0 Å². The SMILES string of the molecule is O=C(c1ccnc(Cl)c1[N+](=O)[O-])N1CCC[C@H](O)C1. The van der Waals surface area contributed by atoms with Crippen molar-refractivity contribution in [1.82, 2.24) is 9.88 Å². The summed E-state index contributed by atoms with van der Waals surface area (Å²) in [6.07, 6.45) is 1.96. The molecule has 0 aromatic carbocycles. The van der Waals surface area contributed by atoms with E-state index in [0.717, 1.165) is 0 Å². The number of carbonyl (C=O) groups is 1. The first kappa shape index (κ1) is 13.7. The van der Waals surface area contributed by atoms with E-state index in [1.54, 1.807) is 0 Å². The molecule has 1 aliphatic rings. The van der Waals surface area contributed by atoms with Crippen LogP contribution in [-0.4, -0.2) is 45.0 Å². The van der Waals surface area contributed by atoms with Gasteiger partial charge in [-0.15, -0.1) is 0 Å². The summed E-state index contributed by atoms with van der Waals surface area (Å²) >= 11 is 5.66. The van der Waals surface area contributed by atoms with E-state index >= 15 is 0 Å².